The predicted octanol–water partition coefficient (Wildman–Crippen LogP) is 1.48. The quantitative estimate of drug-likeness (QED) is 0.672. The van der Waals surface area contributed by atoms with Crippen LogP contribution in [0.4, 0.5) is 17.8 Å². The van der Waals surface area contributed by atoms with Gasteiger partial charge in [-0.2, -0.15) is 15.0 Å². The minimum atomic E-state index is 0.0417. The molecule has 0 aromatic carbocycles. The van der Waals surface area contributed by atoms with E-state index in [-0.39, 0.29) is 17.8 Å². The molecule has 8 heteroatoms. The van der Waals surface area contributed by atoms with Crippen LogP contribution in [0.15, 0.2) is 0 Å². The van der Waals surface area contributed by atoms with Gasteiger partial charge in [0.15, 0.2) is 0 Å². The van der Waals surface area contributed by atoms with Crippen LogP contribution in [0.1, 0.15) is 39.5 Å². The molecule has 0 saturated heterocycles. The maximum absolute atomic E-state index is 5.31. The fourth-order valence-electron chi connectivity index (χ4n) is 1.02. The number of nitrogen functional groups attached to an aromatic ring is 3. The third-order valence-electron chi connectivity index (χ3n) is 1.97. The highest BCUT2D eigenvalue weighted by Gasteiger charge is 1.93. The van der Waals surface area contributed by atoms with Crippen LogP contribution in [0.25, 0.3) is 0 Å². The molecule has 1 rings (SSSR count). The van der Waals surface area contributed by atoms with Crippen molar-refractivity contribution < 1.29 is 9.47 Å². The van der Waals surface area contributed by atoms with Gasteiger partial charge in [0, 0.05) is 27.4 Å². The molecule has 0 amide bonds. The number of anilines is 3. The average Bonchev–Trinajstić information content (AvgIpc) is 2.38. The maximum atomic E-state index is 5.31. The molecule has 6 N–H and O–H groups in total. The lowest BCUT2D eigenvalue weighted by Gasteiger charge is -1.99. The SMILES string of the molecule is CCCCOCCCC.COC.Nc1nc(N)nc(N)n1. The van der Waals surface area contributed by atoms with E-state index in [0.717, 1.165) is 13.2 Å². The Morgan fingerprint density at radius 2 is 1.05 bits per heavy atom. The van der Waals surface area contributed by atoms with Gasteiger partial charge in [0.2, 0.25) is 17.8 Å². The molecule has 0 atom stereocenters. The first kappa shape index (κ1) is 21.6. The first-order valence-electron chi connectivity index (χ1n) is 7.02. The number of rotatable bonds is 6. The lowest BCUT2D eigenvalue weighted by molar-refractivity contribution is 0.128. The summed E-state index contributed by atoms with van der Waals surface area (Å²) in [5.74, 6) is 0.125. The molecule has 1 heterocycles. The molecule has 0 saturated carbocycles. The molecule has 0 radical (unpaired) electrons. The normalized spacial score (nSPS) is 9.14. The van der Waals surface area contributed by atoms with Crippen LogP contribution in [0.2, 0.25) is 0 Å². The first-order chi connectivity index (χ1) is 10.0. The number of ether oxygens (including phenoxy) is 2. The predicted molar refractivity (Wildman–Crippen MR) is 86.6 cm³/mol. The standard InChI is InChI=1S/C8H18O.C3H6N6.C2H6O/c1-3-5-7-9-8-6-4-2;4-1-7-2(5)9-3(6)8-1;1-3-2/h3-8H2,1-2H3;(H6,4,5,6,7,8,9);1-2H3. The van der Waals surface area contributed by atoms with E-state index in [4.69, 9.17) is 21.9 Å². The molecule has 124 valence electrons. The second-order valence-corrected chi connectivity index (χ2v) is 4.14. The summed E-state index contributed by atoms with van der Waals surface area (Å²) in [5, 5.41) is 0. The van der Waals surface area contributed by atoms with Crippen molar-refractivity contribution in [1.82, 2.24) is 15.0 Å². The van der Waals surface area contributed by atoms with E-state index >= 15 is 0 Å². The summed E-state index contributed by atoms with van der Waals surface area (Å²) < 4.78 is 9.56. The molecule has 0 spiro atoms. The Morgan fingerprint density at radius 1 is 0.762 bits per heavy atom. The number of hydrogen-bond donors (Lipinski definition) is 3. The first-order valence-corrected chi connectivity index (χ1v) is 7.02. The summed E-state index contributed by atoms with van der Waals surface area (Å²) in [6.07, 6.45) is 4.91. The summed E-state index contributed by atoms with van der Waals surface area (Å²) in [4.78, 5) is 10.5. The molecule has 0 aliphatic heterocycles. The topological polar surface area (TPSA) is 135 Å². The van der Waals surface area contributed by atoms with Gasteiger partial charge in [0.1, 0.15) is 0 Å². The second-order valence-electron chi connectivity index (χ2n) is 4.14. The number of aromatic nitrogens is 3. The minimum absolute atomic E-state index is 0.0417. The van der Waals surface area contributed by atoms with E-state index in [2.05, 4.69) is 33.5 Å². The van der Waals surface area contributed by atoms with Crippen LogP contribution in [0.5, 0.6) is 0 Å². The van der Waals surface area contributed by atoms with Gasteiger partial charge in [-0.1, -0.05) is 26.7 Å². The van der Waals surface area contributed by atoms with Crippen molar-refractivity contribution in [3.8, 4) is 0 Å². The Morgan fingerprint density at radius 3 is 1.29 bits per heavy atom. The Hall–Kier alpha value is -1.67. The maximum Gasteiger partial charge on any atom is 0.226 e. The van der Waals surface area contributed by atoms with Crippen molar-refractivity contribution in [2.45, 2.75) is 39.5 Å². The molecular weight excluding hydrogens is 272 g/mol. The fraction of sp³-hybridized carbons (Fsp3) is 0.769. The molecule has 8 nitrogen and oxygen atoms in total. The molecule has 1 aromatic rings. The van der Waals surface area contributed by atoms with E-state index in [0.29, 0.717) is 0 Å². The van der Waals surface area contributed by atoms with E-state index in [9.17, 15) is 0 Å². The van der Waals surface area contributed by atoms with E-state index < -0.39 is 0 Å². The van der Waals surface area contributed by atoms with Gasteiger partial charge in [-0.05, 0) is 12.8 Å². The summed E-state index contributed by atoms with van der Waals surface area (Å²) in [7, 11) is 3.25. The molecule has 0 unspecified atom stereocenters. The minimum Gasteiger partial charge on any atom is -0.388 e. The van der Waals surface area contributed by atoms with Gasteiger partial charge >= 0.3 is 0 Å². The van der Waals surface area contributed by atoms with Gasteiger partial charge in [-0.3, -0.25) is 0 Å². The largest absolute Gasteiger partial charge is 0.388 e. The Labute approximate surface area is 127 Å². The zero-order chi connectivity index (χ0) is 16.5. The molecule has 1 aromatic heterocycles. The van der Waals surface area contributed by atoms with Crippen molar-refractivity contribution in [2.24, 2.45) is 0 Å². The van der Waals surface area contributed by atoms with Crippen LogP contribution in [0.3, 0.4) is 0 Å². The van der Waals surface area contributed by atoms with Gasteiger partial charge in [-0.15, -0.1) is 0 Å². The van der Waals surface area contributed by atoms with Gasteiger partial charge < -0.3 is 26.7 Å². The van der Waals surface area contributed by atoms with Crippen LogP contribution >= 0.6 is 0 Å². The lowest BCUT2D eigenvalue weighted by Crippen LogP contribution is -2.05. The lowest BCUT2D eigenvalue weighted by atomic mass is 10.3. The average molecular weight is 302 g/mol. The molecule has 0 fully saturated rings. The van der Waals surface area contributed by atoms with Crippen molar-refractivity contribution >= 4 is 17.8 Å². The third kappa shape index (κ3) is 18.3. The summed E-state index contributed by atoms with van der Waals surface area (Å²) in [6.45, 7) is 6.28. The summed E-state index contributed by atoms with van der Waals surface area (Å²) >= 11 is 0. The highest BCUT2D eigenvalue weighted by atomic mass is 16.5. The number of nitrogens with zero attached hydrogens (tertiary/aromatic N) is 3. The zero-order valence-electron chi connectivity index (χ0n) is 13.6. The van der Waals surface area contributed by atoms with E-state index in [1.165, 1.54) is 25.7 Å². The summed E-state index contributed by atoms with van der Waals surface area (Å²) in [5.41, 5.74) is 15.4. The Bertz CT molecular complexity index is 282. The van der Waals surface area contributed by atoms with Crippen LogP contribution < -0.4 is 17.2 Å². The second kappa shape index (κ2) is 16.4. The van der Waals surface area contributed by atoms with E-state index in [1.54, 1.807) is 14.2 Å². The zero-order valence-corrected chi connectivity index (χ0v) is 13.6. The monoisotopic (exact) mass is 302 g/mol. The Kier molecular flexibility index (Phi) is 16.9. The summed E-state index contributed by atoms with van der Waals surface area (Å²) in [6, 6.07) is 0. The number of unbranched alkanes of at least 4 members (excludes halogenated alkanes) is 2. The van der Waals surface area contributed by atoms with E-state index in [1.807, 2.05) is 0 Å². The number of methoxy groups -OCH3 is 1. The van der Waals surface area contributed by atoms with Crippen molar-refractivity contribution in [2.75, 3.05) is 44.6 Å². The fourth-order valence-corrected chi connectivity index (χ4v) is 1.02. The number of hydrogen-bond acceptors (Lipinski definition) is 8. The van der Waals surface area contributed by atoms with Gasteiger partial charge in [-0.25, -0.2) is 0 Å². The highest BCUT2D eigenvalue weighted by molar-refractivity contribution is 5.33. The van der Waals surface area contributed by atoms with Crippen molar-refractivity contribution in [3.63, 3.8) is 0 Å². The smallest absolute Gasteiger partial charge is 0.226 e. The van der Waals surface area contributed by atoms with Gasteiger partial charge in [0.25, 0.3) is 0 Å². The third-order valence-corrected chi connectivity index (χ3v) is 1.97. The van der Waals surface area contributed by atoms with Crippen molar-refractivity contribution in [3.05, 3.63) is 0 Å². The molecule has 0 bridgehead atoms. The van der Waals surface area contributed by atoms with Crippen molar-refractivity contribution in [1.29, 1.82) is 0 Å². The number of nitrogens with two attached hydrogens (primary N) is 3. The highest BCUT2D eigenvalue weighted by Crippen LogP contribution is 1.97. The van der Waals surface area contributed by atoms with Gasteiger partial charge in [0.05, 0.1) is 0 Å². The van der Waals surface area contributed by atoms with Crippen LogP contribution in [0, 0.1) is 0 Å². The molecule has 21 heavy (non-hydrogen) atoms. The van der Waals surface area contributed by atoms with Crippen LogP contribution in [-0.4, -0.2) is 42.4 Å². The molecular formula is C13H30N6O2. The Balaban J connectivity index is 0. The van der Waals surface area contributed by atoms with Crippen LogP contribution in [-0.2, 0) is 9.47 Å². The molecule has 0 aliphatic rings. The molecule has 0 aliphatic carbocycles.